The molecule has 0 aliphatic carbocycles. The zero-order chi connectivity index (χ0) is 13.1. The SMILES string of the molecule is CCOC(=O)Nc1ccc(C(C)(C)C)c(N)c1. The number of carbonyl (C=O) groups is 1. The number of anilines is 2. The van der Waals surface area contributed by atoms with E-state index in [1.54, 1.807) is 13.0 Å². The van der Waals surface area contributed by atoms with Crippen molar-refractivity contribution in [2.24, 2.45) is 0 Å². The molecule has 0 heterocycles. The molecule has 0 aliphatic heterocycles. The van der Waals surface area contributed by atoms with E-state index in [9.17, 15) is 4.79 Å². The molecule has 1 aromatic carbocycles. The highest BCUT2D eigenvalue weighted by molar-refractivity contribution is 5.85. The predicted molar refractivity (Wildman–Crippen MR) is 70.2 cm³/mol. The summed E-state index contributed by atoms with van der Waals surface area (Å²) in [5, 5.41) is 2.62. The smallest absolute Gasteiger partial charge is 0.411 e. The second kappa shape index (κ2) is 5.08. The zero-order valence-electron chi connectivity index (χ0n) is 10.8. The fraction of sp³-hybridized carbons (Fsp3) is 0.462. The van der Waals surface area contributed by atoms with Crippen molar-refractivity contribution >= 4 is 17.5 Å². The summed E-state index contributed by atoms with van der Waals surface area (Å²) in [7, 11) is 0. The van der Waals surface area contributed by atoms with Crippen LogP contribution in [-0.2, 0) is 10.2 Å². The third kappa shape index (κ3) is 3.66. The van der Waals surface area contributed by atoms with Crippen LogP contribution in [-0.4, -0.2) is 12.7 Å². The number of nitrogen functional groups attached to an aromatic ring is 1. The Morgan fingerprint density at radius 3 is 2.53 bits per heavy atom. The van der Waals surface area contributed by atoms with Crippen LogP contribution in [0.5, 0.6) is 0 Å². The third-order valence-electron chi connectivity index (χ3n) is 2.38. The summed E-state index contributed by atoms with van der Waals surface area (Å²) >= 11 is 0. The Balaban J connectivity index is 2.86. The number of benzene rings is 1. The van der Waals surface area contributed by atoms with Crippen LogP contribution >= 0.6 is 0 Å². The van der Waals surface area contributed by atoms with Gasteiger partial charge in [-0.3, -0.25) is 5.32 Å². The van der Waals surface area contributed by atoms with E-state index < -0.39 is 6.09 Å². The lowest BCUT2D eigenvalue weighted by Crippen LogP contribution is -2.16. The Labute approximate surface area is 102 Å². The fourth-order valence-electron chi connectivity index (χ4n) is 1.61. The Bertz CT molecular complexity index is 408. The molecular weight excluding hydrogens is 216 g/mol. The van der Waals surface area contributed by atoms with Crippen molar-refractivity contribution in [3.05, 3.63) is 23.8 Å². The van der Waals surface area contributed by atoms with Gasteiger partial charge in [0.1, 0.15) is 0 Å². The number of nitrogens with one attached hydrogen (secondary N) is 1. The second-order valence-electron chi connectivity index (χ2n) is 4.90. The molecule has 1 aromatic rings. The monoisotopic (exact) mass is 236 g/mol. The summed E-state index contributed by atoms with van der Waals surface area (Å²) in [5.41, 5.74) is 8.34. The van der Waals surface area contributed by atoms with Gasteiger partial charge in [-0.15, -0.1) is 0 Å². The van der Waals surface area contributed by atoms with Gasteiger partial charge in [-0.25, -0.2) is 4.79 Å². The van der Waals surface area contributed by atoms with Crippen molar-refractivity contribution in [2.45, 2.75) is 33.1 Å². The molecule has 0 aromatic heterocycles. The molecular formula is C13H20N2O2. The maximum Gasteiger partial charge on any atom is 0.411 e. The molecule has 0 aliphatic rings. The number of nitrogens with two attached hydrogens (primary N) is 1. The van der Waals surface area contributed by atoms with Crippen LogP contribution in [0.25, 0.3) is 0 Å². The number of carbonyl (C=O) groups excluding carboxylic acids is 1. The second-order valence-corrected chi connectivity index (χ2v) is 4.90. The summed E-state index contributed by atoms with van der Waals surface area (Å²) in [6.45, 7) is 8.39. The van der Waals surface area contributed by atoms with Gasteiger partial charge in [-0.2, -0.15) is 0 Å². The van der Waals surface area contributed by atoms with Crippen molar-refractivity contribution in [1.29, 1.82) is 0 Å². The molecule has 17 heavy (non-hydrogen) atoms. The zero-order valence-corrected chi connectivity index (χ0v) is 10.8. The van der Waals surface area contributed by atoms with E-state index in [0.717, 1.165) is 5.56 Å². The van der Waals surface area contributed by atoms with Gasteiger partial charge >= 0.3 is 6.09 Å². The summed E-state index contributed by atoms with van der Waals surface area (Å²) in [6.07, 6.45) is -0.463. The van der Waals surface area contributed by atoms with E-state index in [2.05, 4.69) is 26.1 Å². The van der Waals surface area contributed by atoms with E-state index >= 15 is 0 Å². The van der Waals surface area contributed by atoms with Gasteiger partial charge < -0.3 is 10.5 Å². The largest absolute Gasteiger partial charge is 0.450 e. The highest BCUT2D eigenvalue weighted by atomic mass is 16.5. The Kier molecular flexibility index (Phi) is 3.99. The molecule has 4 heteroatoms. The molecule has 94 valence electrons. The average molecular weight is 236 g/mol. The summed E-state index contributed by atoms with van der Waals surface area (Å²) < 4.78 is 4.79. The molecule has 0 saturated heterocycles. The molecule has 0 atom stereocenters. The molecule has 0 saturated carbocycles. The number of rotatable bonds is 2. The van der Waals surface area contributed by atoms with Crippen LogP contribution in [0.3, 0.4) is 0 Å². The lowest BCUT2D eigenvalue weighted by molar-refractivity contribution is 0.168. The minimum atomic E-state index is -0.463. The van der Waals surface area contributed by atoms with Crippen molar-refractivity contribution < 1.29 is 9.53 Å². The summed E-state index contributed by atoms with van der Waals surface area (Å²) in [5.74, 6) is 0. The Morgan fingerprint density at radius 1 is 1.41 bits per heavy atom. The van der Waals surface area contributed by atoms with Crippen LogP contribution in [0, 0.1) is 0 Å². The number of ether oxygens (including phenoxy) is 1. The predicted octanol–water partition coefficient (Wildman–Crippen LogP) is 3.13. The van der Waals surface area contributed by atoms with Crippen LogP contribution in [0.4, 0.5) is 16.2 Å². The topological polar surface area (TPSA) is 64.3 Å². The molecule has 4 nitrogen and oxygen atoms in total. The first-order valence-corrected chi connectivity index (χ1v) is 5.68. The molecule has 0 unspecified atom stereocenters. The first-order chi connectivity index (χ1) is 7.84. The van der Waals surface area contributed by atoms with Crippen LogP contribution in [0.1, 0.15) is 33.3 Å². The molecule has 0 radical (unpaired) electrons. The minimum Gasteiger partial charge on any atom is -0.450 e. The molecule has 0 fully saturated rings. The summed E-state index contributed by atoms with van der Waals surface area (Å²) in [6, 6.07) is 5.50. The van der Waals surface area contributed by atoms with Crippen molar-refractivity contribution in [1.82, 2.24) is 0 Å². The van der Waals surface area contributed by atoms with E-state index in [1.165, 1.54) is 0 Å². The Hall–Kier alpha value is -1.71. The van der Waals surface area contributed by atoms with Gasteiger partial charge in [0.15, 0.2) is 0 Å². The Morgan fingerprint density at radius 2 is 2.06 bits per heavy atom. The van der Waals surface area contributed by atoms with E-state index in [1.807, 2.05) is 12.1 Å². The maximum atomic E-state index is 11.2. The van der Waals surface area contributed by atoms with Gasteiger partial charge in [0.05, 0.1) is 6.61 Å². The fourth-order valence-corrected chi connectivity index (χ4v) is 1.61. The van der Waals surface area contributed by atoms with Gasteiger partial charge in [0.2, 0.25) is 0 Å². The number of hydrogen-bond acceptors (Lipinski definition) is 3. The van der Waals surface area contributed by atoms with E-state index in [0.29, 0.717) is 18.0 Å². The van der Waals surface area contributed by atoms with Gasteiger partial charge in [0.25, 0.3) is 0 Å². The molecule has 0 bridgehead atoms. The lowest BCUT2D eigenvalue weighted by Gasteiger charge is -2.21. The molecule has 1 rings (SSSR count). The normalized spacial score (nSPS) is 11.1. The first-order valence-electron chi connectivity index (χ1n) is 5.68. The van der Waals surface area contributed by atoms with Gasteiger partial charge in [0, 0.05) is 11.4 Å². The molecule has 1 amide bonds. The average Bonchev–Trinajstić information content (AvgIpc) is 2.15. The van der Waals surface area contributed by atoms with E-state index in [-0.39, 0.29) is 5.41 Å². The maximum absolute atomic E-state index is 11.2. The lowest BCUT2D eigenvalue weighted by atomic mass is 9.86. The van der Waals surface area contributed by atoms with Crippen LogP contribution in [0.15, 0.2) is 18.2 Å². The standard InChI is InChI=1S/C13H20N2O2/c1-5-17-12(16)15-9-6-7-10(11(14)8-9)13(2,3)4/h6-8H,5,14H2,1-4H3,(H,15,16). The van der Waals surface area contributed by atoms with Crippen molar-refractivity contribution in [3.63, 3.8) is 0 Å². The summed E-state index contributed by atoms with van der Waals surface area (Å²) in [4.78, 5) is 11.2. The number of amides is 1. The van der Waals surface area contributed by atoms with Crippen molar-refractivity contribution in [2.75, 3.05) is 17.7 Å². The van der Waals surface area contributed by atoms with Crippen LogP contribution < -0.4 is 11.1 Å². The van der Waals surface area contributed by atoms with E-state index in [4.69, 9.17) is 10.5 Å². The van der Waals surface area contributed by atoms with Crippen LogP contribution in [0.2, 0.25) is 0 Å². The van der Waals surface area contributed by atoms with Gasteiger partial charge in [-0.05, 0) is 30.0 Å². The quantitative estimate of drug-likeness (QED) is 0.775. The third-order valence-corrected chi connectivity index (χ3v) is 2.38. The number of hydrogen-bond donors (Lipinski definition) is 2. The molecule has 0 spiro atoms. The molecule has 3 N–H and O–H groups in total. The highest BCUT2D eigenvalue weighted by Crippen LogP contribution is 2.29. The highest BCUT2D eigenvalue weighted by Gasteiger charge is 2.17. The van der Waals surface area contributed by atoms with Crippen molar-refractivity contribution in [3.8, 4) is 0 Å². The van der Waals surface area contributed by atoms with Gasteiger partial charge in [-0.1, -0.05) is 26.8 Å². The first kappa shape index (κ1) is 13.4. The minimum absolute atomic E-state index is 0.00740.